The predicted molar refractivity (Wildman–Crippen MR) is 194 cm³/mol. The molecule has 0 amide bonds. The highest BCUT2D eigenvalue weighted by Crippen LogP contribution is 2.43. The van der Waals surface area contributed by atoms with E-state index in [1.807, 2.05) is 39.8 Å². The fourth-order valence-electron chi connectivity index (χ4n) is 8.50. The average molecular weight is 749 g/mol. The monoisotopic (exact) mass is 749 g/mol. The van der Waals surface area contributed by atoms with Gasteiger partial charge in [0.2, 0.25) is 0 Å². The number of nitrogens with one attached hydrogen (secondary N) is 1. The highest BCUT2D eigenvalue weighted by Gasteiger charge is 2.56. The zero-order chi connectivity index (χ0) is 39.7. The summed E-state index contributed by atoms with van der Waals surface area (Å²) in [6.07, 6.45) is -7.42. The van der Waals surface area contributed by atoms with Crippen molar-refractivity contribution < 1.29 is 58.7 Å². The largest absolute Gasteiger partial charge is 0.459 e. The van der Waals surface area contributed by atoms with Crippen molar-refractivity contribution in [2.45, 2.75) is 192 Å². The molecule has 3 heterocycles. The summed E-state index contributed by atoms with van der Waals surface area (Å²) in [5.74, 6) is -2.63. The second-order valence-corrected chi connectivity index (χ2v) is 17.2. The molecular weight excluding hydrogens is 676 g/mol. The molecule has 18 atom stereocenters. The lowest BCUT2D eigenvalue weighted by molar-refractivity contribution is -0.334. The van der Waals surface area contributed by atoms with E-state index in [0.29, 0.717) is 13.0 Å². The molecule has 52 heavy (non-hydrogen) atoms. The first-order valence-electron chi connectivity index (χ1n) is 19.1. The molecule has 3 fully saturated rings. The zero-order valence-corrected chi connectivity index (χ0v) is 34.2. The van der Waals surface area contributed by atoms with Gasteiger partial charge >= 0.3 is 5.97 Å². The van der Waals surface area contributed by atoms with Crippen LogP contribution in [0.15, 0.2) is 0 Å². The van der Waals surface area contributed by atoms with Gasteiger partial charge < -0.3 is 64.2 Å². The Hall–Kier alpha value is -1.01. The van der Waals surface area contributed by atoms with Crippen LogP contribution in [-0.2, 0) is 33.2 Å². The topological polar surface area (TPSA) is 189 Å². The Morgan fingerprint density at radius 1 is 0.942 bits per heavy atom. The SMILES string of the molecule is CC[C@H]1OC(=O)[C@H](C)[C@@H](O[C@H]2C[C@@](C)(OC)[C@@](C)(O)[C@H](C)O2)[C@H](C)[C@@H](O[C@@H]2O[C@H](C)C[C@H](N(C)C)[C@H]2O)[C@](C)(O)C[C@@H](C)CN[C@H](C)[C@@H](O)[C@]1(C)O. The number of methoxy groups -OCH3 is 1. The van der Waals surface area contributed by atoms with Gasteiger partial charge in [-0.05, 0) is 101 Å². The van der Waals surface area contributed by atoms with E-state index >= 15 is 0 Å². The Balaban J connectivity index is 2.16. The maximum absolute atomic E-state index is 14.2. The van der Waals surface area contributed by atoms with Crippen LogP contribution < -0.4 is 5.32 Å². The van der Waals surface area contributed by atoms with E-state index in [1.165, 1.54) is 14.0 Å². The number of esters is 1. The van der Waals surface area contributed by atoms with E-state index in [1.54, 1.807) is 48.5 Å². The second kappa shape index (κ2) is 17.4. The third-order valence-electron chi connectivity index (χ3n) is 12.5. The standard InChI is InChI=1S/C38H72N2O12/c1-15-27-37(10,45)31(42)24(6)39-19-20(2)17-35(8,44)32(52-34-29(41)26(40(12)13)16-21(3)48-34)22(4)30(23(5)33(43)50-27)51-28-18-36(9,47-14)38(11,46)25(7)49-28/h20-32,34,39,41-42,44-46H,15-19H2,1-14H3/t20-,21-,22+,23-,24-,25+,26+,27-,28+,29-,30+,31-,32-,34+,35-,36-,37-,38+/m1/s1. The van der Waals surface area contributed by atoms with E-state index < -0.39 is 95.5 Å². The number of ether oxygens (including phenoxy) is 6. The minimum atomic E-state index is -1.80. The number of likely N-dealkylation sites (N-methyl/N-ethyl adjacent to an activating group) is 1. The van der Waals surface area contributed by atoms with Gasteiger partial charge in [0.15, 0.2) is 12.6 Å². The number of cyclic esters (lactones) is 1. The van der Waals surface area contributed by atoms with E-state index in [-0.39, 0.29) is 37.3 Å². The van der Waals surface area contributed by atoms with Crippen molar-refractivity contribution in [1.82, 2.24) is 10.2 Å². The fraction of sp³-hybridized carbons (Fsp3) is 0.974. The second-order valence-electron chi connectivity index (χ2n) is 17.2. The Bertz CT molecular complexity index is 1160. The van der Waals surface area contributed by atoms with Crippen molar-refractivity contribution in [3.05, 3.63) is 0 Å². The number of hydrogen-bond acceptors (Lipinski definition) is 14. The molecule has 3 aliphatic rings. The van der Waals surface area contributed by atoms with Crippen molar-refractivity contribution in [3.63, 3.8) is 0 Å². The fourth-order valence-corrected chi connectivity index (χ4v) is 8.50. The summed E-state index contributed by atoms with van der Waals surface area (Å²) in [4.78, 5) is 16.1. The first-order valence-corrected chi connectivity index (χ1v) is 19.1. The molecule has 0 aromatic heterocycles. The van der Waals surface area contributed by atoms with Gasteiger partial charge in [0.05, 0.1) is 35.9 Å². The smallest absolute Gasteiger partial charge is 0.311 e. The Morgan fingerprint density at radius 3 is 2.12 bits per heavy atom. The molecule has 0 spiro atoms. The third-order valence-corrected chi connectivity index (χ3v) is 12.5. The number of aliphatic hydroxyl groups is 5. The Labute approximate surface area is 311 Å². The van der Waals surface area contributed by atoms with Gasteiger partial charge in [0.25, 0.3) is 0 Å². The van der Waals surface area contributed by atoms with Crippen molar-refractivity contribution in [2.24, 2.45) is 17.8 Å². The minimum Gasteiger partial charge on any atom is -0.459 e. The van der Waals surface area contributed by atoms with Gasteiger partial charge in [-0.2, -0.15) is 0 Å². The number of carbonyl (C=O) groups excluding carboxylic acids is 1. The van der Waals surface area contributed by atoms with Gasteiger partial charge in [-0.1, -0.05) is 20.8 Å². The number of hydrogen-bond donors (Lipinski definition) is 6. The predicted octanol–water partition coefficient (Wildman–Crippen LogP) is 1.95. The molecule has 14 heteroatoms. The molecule has 3 saturated heterocycles. The zero-order valence-electron chi connectivity index (χ0n) is 34.2. The van der Waals surface area contributed by atoms with E-state index in [4.69, 9.17) is 28.4 Å². The van der Waals surface area contributed by atoms with Crippen LogP contribution in [0.2, 0.25) is 0 Å². The maximum Gasteiger partial charge on any atom is 0.311 e. The van der Waals surface area contributed by atoms with Crippen molar-refractivity contribution >= 4 is 5.97 Å². The highest BCUT2D eigenvalue weighted by molar-refractivity contribution is 5.73. The Morgan fingerprint density at radius 2 is 1.56 bits per heavy atom. The molecular formula is C38H72N2O12. The summed E-state index contributed by atoms with van der Waals surface area (Å²) in [7, 11) is 5.27. The third kappa shape index (κ3) is 9.67. The molecule has 0 aromatic rings. The molecule has 0 radical (unpaired) electrons. The number of carbonyl (C=O) groups is 1. The number of aliphatic hydroxyl groups excluding tert-OH is 2. The maximum atomic E-state index is 14.2. The van der Waals surface area contributed by atoms with Crippen molar-refractivity contribution in [1.29, 1.82) is 0 Å². The normalized spacial score (nSPS) is 50.7. The van der Waals surface area contributed by atoms with Crippen LogP contribution in [0.4, 0.5) is 0 Å². The summed E-state index contributed by atoms with van der Waals surface area (Å²) in [6, 6.07) is -0.864. The van der Waals surface area contributed by atoms with E-state index in [2.05, 4.69) is 5.32 Å². The summed E-state index contributed by atoms with van der Waals surface area (Å²) in [5, 5.41) is 61.5. The molecule has 306 valence electrons. The van der Waals surface area contributed by atoms with Gasteiger partial charge in [-0.25, -0.2) is 0 Å². The van der Waals surface area contributed by atoms with Crippen LogP contribution in [0.25, 0.3) is 0 Å². The van der Waals surface area contributed by atoms with Crippen LogP contribution in [0.3, 0.4) is 0 Å². The first-order chi connectivity index (χ1) is 23.8. The molecule has 6 N–H and O–H groups in total. The number of nitrogens with zero attached hydrogens (tertiary/aromatic N) is 1. The molecule has 14 nitrogen and oxygen atoms in total. The van der Waals surface area contributed by atoms with Crippen molar-refractivity contribution in [2.75, 3.05) is 27.7 Å². The Kier molecular flexibility index (Phi) is 15.2. The molecule has 0 aliphatic carbocycles. The van der Waals surface area contributed by atoms with Crippen LogP contribution in [0.5, 0.6) is 0 Å². The first kappa shape index (κ1) is 45.4. The van der Waals surface area contributed by atoms with Crippen LogP contribution in [-0.4, -0.2) is 154 Å². The van der Waals surface area contributed by atoms with Gasteiger partial charge in [-0.3, -0.25) is 4.79 Å². The molecule has 0 aromatic carbocycles. The lowest BCUT2D eigenvalue weighted by Gasteiger charge is -2.52. The van der Waals surface area contributed by atoms with Crippen molar-refractivity contribution in [3.8, 4) is 0 Å². The van der Waals surface area contributed by atoms with Crippen LogP contribution >= 0.6 is 0 Å². The molecule has 3 aliphatic heterocycles. The summed E-state index contributed by atoms with van der Waals surface area (Å²) in [6.45, 7) is 19.5. The highest BCUT2D eigenvalue weighted by atomic mass is 16.7. The number of rotatable bonds is 7. The lowest BCUT2D eigenvalue weighted by Crippen LogP contribution is -2.65. The van der Waals surface area contributed by atoms with Gasteiger partial charge in [0.1, 0.15) is 35.1 Å². The molecule has 0 saturated carbocycles. The van der Waals surface area contributed by atoms with Gasteiger partial charge in [0, 0.05) is 31.5 Å². The van der Waals surface area contributed by atoms with E-state index in [0.717, 1.165) is 0 Å². The quantitative estimate of drug-likeness (QED) is 0.207. The van der Waals surface area contributed by atoms with Gasteiger partial charge in [-0.15, -0.1) is 0 Å². The van der Waals surface area contributed by atoms with Crippen LogP contribution in [0.1, 0.15) is 102 Å². The molecule has 0 bridgehead atoms. The average Bonchev–Trinajstić information content (AvgIpc) is 3.05. The lowest BCUT2D eigenvalue weighted by atomic mass is 9.76. The summed E-state index contributed by atoms with van der Waals surface area (Å²) < 4.78 is 37.7. The van der Waals surface area contributed by atoms with E-state index in [9.17, 15) is 30.3 Å². The molecule has 0 unspecified atom stereocenters. The molecule has 3 rings (SSSR count). The van der Waals surface area contributed by atoms with Crippen LogP contribution in [0, 0.1) is 17.8 Å². The summed E-state index contributed by atoms with van der Waals surface area (Å²) in [5.41, 5.74) is -5.82. The minimum absolute atomic E-state index is 0.110. The summed E-state index contributed by atoms with van der Waals surface area (Å²) >= 11 is 0.